The third-order valence-electron chi connectivity index (χ3n) is 3.15. The van der Waals surface area contributed by atoms with E-state index in [9.17, 15) is 4.79 Å². The summed E-state index contributed by atoms with van der Waals surface area (Å²) in [6, 6.07) is 9.91. The van der Waals surface area contributed by atoms with E-state index in [-0.39, 0.29) is 11.9 Å². The quantitative estimate of drug-likeness (QED) is 0.561. The number of carbonyl (C=O) groups is 1. The summed E-state index contributed by atoms with van der Waals surface area (Å²) in [5, 5.41) is 0.657. The maximum Gasteiger partial charge on any atom is 0.306 e. The number of halogens is 1. The molecule has 1 unspecified atom stereocenters. The Balaban J connectivity index is 2.13. The fourth-order valence-corrected chi connectivity index (χ4v) is 2.43. The van der Waals surface area contributed by atoms with Crippen LogP contribution in [0, 0.1) is 0 Å². The molecule has 0 N–H and O–H groups in total. The molecule has 0 fully saturated rings. The van der Waals surface area contributed by atoms with Gasteiger partial charge in [0.25, 0.3) is 0 Å². The average Bonchev–Trinajstić information content (AvgIpc) is 2.95. The highest BCUT2D eigenvalue weighted by Gasteiger charge is 2.20. The number of nitrogens with zero attached hydrogens (tertiary/aromatic N) is 1. The monoisotopic (exact) mass is 351 g/mol. The lowest BCUT2D eigenvalue weighted by molar-refractivity contribution is -0.143. The van der Waals surface area contributed by atoms with Crippen molar-refractivity contribution in [2.75, 3.05) is 6.61 Å². The molecular formula is C16H18BrNO3. The van der Waals surface area contributed by atoms with Gasteiger partial charge in [0.2, 0.25) is 0 Å². The lowest BCUT2D eigenvalue weighted by atomic mass is 9.92. The van der Waals surface area contributed by atoms with Crippen molar-refractivity contribution in [1.82, 2.24) is 4.98 Å². The molecule has 5 heteroatoms. The van der Waals surface area contributed by atoms with Gasteiger partial charge in [-0.2, -0.15) is 0 Å². The number of oxazole rings is 1. The van der Waals surface area contributed by atoms with Crippen LogP contribution in [0.4, 0.5) is 0 Å². The van der Waals surface area contributed by atoms with E-state index < -0.39 is 0 Å². The van der Waals surface area contributed by atoms with E-state index in [0.717, 1.165) is 11.3 Å². The van der Waals surface area contributed by atoms with Crippen LogP contribution in [0.25, 0.3) is 0 Å². The van der Waals surface area contributed by atoms with E-state index in [1.165, 1.54) is 0 Å². The van der Waals surface area contributed by atoms with Crippen molar-refractivity contribution >= 4 is 21.9 Å². The van der Waals surface area contributed by atoms with Crippen molar-refractivity contribution in [2.45, 2.75) is 31.0 Å². The van der Waals surface area contributed by atoms with Crippen LogP contribution in [0.15, 0.2) is 41.0 Å². The Labute approximate surface area is 132 Å². The van der Waals surface area contributed by atoms with Gasteiger partial charge in [-0.15, -0.1) is 0 Å². The van der Waals surface area contributed by atoms with Crippen LogP contribution in [0.1, 0.15) is 36.4 Å². The fourth-order valence-electron chi connectivity index (χ4n) is 2.17. The zero-order valence-electron chi connectivity index (χ0n) is 11.9. The number of rotatable bonds is 7. The lowest BCUT2D eigenvalue weighted by Crippen LogP contribution is -2.12. The first-order valence-electron chi connectivity index (χ1n) is 6.92. The molecule has 4 nitrogen and oxygen atoms in total. The molecule has 0 saturated carbocycles. The van der Waals surface area contributed by atoms with Crippen molar-refractivity contribution in [3.63, 3.8) is 0 Å². The van der Waals surface area contributed by atoms with Crippen LogP contribution in [-0.4, -0.2) is 17.6 Å². The van der Waals surface area contributed by atoms with Gasteiger partial charge < -0.3 is 9.15 Å². The predicted molar refractivity (Wildman–Crippen MR) is 83.3 cm³/mol. The van der Waals surface area contributed by atoms with E-state index in [2.05, 4.69) is 20.9 Å². The third kappa shape index (κ3) is 4.70. The molecule has 2 aromatic rings. The average molecular weight is 352 g/mol. The van der Waals surface area contributed by atoms with Crippen LogP contribution in [0.2, 0.25) is 0 Å². The van der Waals surface area contributed by atoms with E-state index in [1.807, 2.05) is 37.3 Å². The van der Waals surface area contributed by atoms with E-state index >= 15 is 0 Å². The van der Waals surface area contributed by atoms with Gasteiger partial charge in [-0.1, -0.05) is 46.3 Å². The Hall–Kier alpha value is -1.62. The second-order valence-electron chi connectivity index (χ2n) is 4.69. The molecule has 1 aromatic heterocycles. The molecule has 2 rings (SSSR count). The molecule has 21 heavy (non-hydrogen) atoms. The third-order valence-corrected chi connectivity index (χ3v) is 3.72. The molecule has 0 aliphatic carbocycles. The number of esters is 1. The molecule has 0 spiro atoms. The largest absolute Gasteiger partial charge is 0.466 e. The SMILES string of the molecule is CCOC(=O)CC(Cc1nc(CBr)co1)c1ccccc1. The van der Waals surface area contributed by atoms with Crippen LogP contribution < -0.4 is 0 Å². The molecule has 112 valence electrons. The number of hydrogen-bond donors (Lipinski definition) is 0. The zero-order chi connectivity index (χ0) is 15.1. The first-order valence-corrected chi connectivity index (χ1v) is 8.04. The summed E-state index contributed by atoms with van der Waals surface area (Å²) < 4.78 is 10.5. The minimum atomic E-state index is -0.196. The highest BCUT2D eigenvalue weighted by molar-refractivity contribution is 9.08. The Kier molecular flexibility index (Phi) is 5.99. The molecule has 0 aliphatic heterocycles. The highest BCUT2D eigenvalue weighted by atomic mass is 79.9. The van der Waals surface area contributed by atoms with Gasteiger partial charge in [-0.25, -0.2) is 4.98 Å². The van der Waals surface area contributed by atoms with Crippen LogP contribution in [0.5, 0.6) is 0 Å². The molecule has 0 aliphatic rings. The molecule has 1 heterocycles. The maximum atomic E-state index is 11.8. The van der Waals surface area contributed by atoms with Gasteiger partial charge >= 0.3 is 5.97 Å². The number of hydrogen-bond acceptors (Lipinski definition) is 4. The predicted octanol–water partition coefficient (Wildman–Crippen LogP) is 3.85. The van der Waals surface area contributed by atoms with Crippen LogP contribution in [-0.2, 0) is 21.3 Å². The number of alkyl halides is 1. The fraction of sp³-hybridized carbons (Fsp3) is 0.375. The number of benzene rings is 1. The lowest BCUT2D eigenvalue weighted by Gasteiger charge is -2.14. The normalized spacial score (nSPS) is 12.1. The molecule has 1 atom stereocenters. The first kappa shape index (κ1) is 15.8. The Morgan fingerprint density at radius 2 is 2.14 bits per heavy atom. The topological polar surface area (TPSA) is 52.3 Å². The second-order valence-corrected chi connectivity index (χ2v) is 5.25. The van der Waals surface area contributed by atoms with Crippen molar-refractivity contribution in [2.24, 2.45) is 0 Å². The minimum Gasteiger partial charge on any atom is -0.466 e. The molecule has 1 aromatic carbocycles. The maximum absolute atomic E-state index is 11.8. The molecule has 0 radical (unpaired) electrons. The van der Waals surface area contributed by atoms with Gasteiger partial charge in [0.1, 0.15) is 6.26 Å². The first-order chi connectivity index (χ1) is 10.2. The van der Waals surface area contributed by atoms with Gasteiger partial charge in [-0.3, -0.25) is 4.79 Å². The molecule has 0 amide bonds. The number of ether oxygens (including phenoxy) is 1. The van der Waals surface area contributed by atoms with Crippen molar-refractivity contribution < 1.29 is 13.9 Å². The smallest absolute Gasteiger partial charge is 0.306 e. The molecule has 0 saturated heterocycles. The summed E-state index contributed by atoms with van der Waals surface area (Å²) in [6.07, 6.45) is 2.54. The Bertz CT molecular complexity index is 568. The summed E-state index contributed by atoms with van der Waals surface area (Å²) in [4.78, 5) is 16.2. The molecular weight excluding hydrogens is 334 g/mol. The summed E-state index contributed by atoms with van der Waals surface area (Å²) in [5.74, 6) is 0.452. The Morgan fingerprint density at radius 1 is 1.38 bits per heavy atom. The van der Waals surface area contributed by atoms with Crippen LogP contribution >= 0.6 is 15.9 Å². The summed E-state index contributed by atoms with van der Waals surface area (Å²) in [7, 11) is 0. The van der Waals surface area contributed by atoms with Crippen molar-refractivity contribution in [3.05, 3.63) is 53.7 Å². The van der Waals surface area contributed by atoms with E-state index in [0.29, 0.717) is 30.7 Å². The zero-order valence-corrected chi connectivity index (χ0v) is 13.5. The van der Waals surface area contributed by atoms with Gasteiger partial charge in [0.15, 0.2) is 5.89 Å². The van der Waals surface area contributed by atoms with E-state index in [1.54, 1.807) is 6.26 Å². The summed E-state index contributed by atoms with van der Waals surface area (Å²) in [6.45, 7) is 2.21. The summed E-state index contributed by atoms with van der Waals surface area (Å²) >= 11 is 3.35. The van der Waals surface area contributed by atoms with Crippen molar-refractivity contribution in [3.8, 4) is 0 Å². The van der Waals surface area contributed by atoms with Crippen LogP contribution in [0.3, 0.4) is 0 Å². The standard InChI is InChI=1S/C16H18BrNO3/c1-2-20-16(19)9-13(12-6-4-3-5-7-12)8-15-18-14(10-17)11-21-15/h3-7,11,13H,2,8-10H2,1H3. The van der Waals surface area contributed by atoms with E-state index in [4.69, 9.17) is 9.15 Å². The number of aromatic nitrogens is 1. The molecule has 0 bridgehead atoms. The second kappa shape index (κ2) is 7.98. The Morgan fingerprint density at radius 3 is 2.76 bits per heavy atom. The summed E-state index contributed by atoms with van der Waals surface area (Å²) in [5.41, 5.74) is 1.94. The van der Waals surface area contributed by atoms with Gasteiger partial charge in [0.05, 0.1) is 18.7 Å². The van der Waals surface area contributed by atoms with Gasteiger partial charge in [-0.05, 0) is 12.5 Å². The highest BCUT2D eigenvalue weighted by Crippen LogP contribution is 2.25. The minimum absolute atomic E-state index is 0.00655. The van der Waals surface area contributed by atoms with Crippen molar-refractivity contribution in [1.29, 1.82) is 0 Å². The number of carbonyl (C=O) groups excluding carboxylic acids is 1. The van der Waals surface area contributed by atoms with Gasteiger partial charge in [0, 0.05) is 17.7 Å².